The van der Waals surface area contributed by atoms with Gasteiger partial charge >= 0.3 is 0 Å². The lowest BCUT2D eigenvalue weighted by molar-refractivity contribution is -0.918. The van der Waals surface area contributed by atoms with E-state index < -0.39 is 0 Å². The third-order valence-corrected chi connectivity index (χ3v) is 5.61. The van der Waals surface area contributed by atoms with Gasteiger partial charge in [-0.15, -0.1) is 0 Å². The van der Waals surface area contributed by atoms with Crippen molar-refractivity contribution in [1.29, 1.82) is 0 Å². The molecular weight excluding hydrogens is 354 g/mol. The highest BCUT2D eigenvalue weighted by molar-refractivity contribution is 6.32. The molecule has 1 aliphatic heterocycles. The summed E-state index contributed by atoms with van der Waals surface area (Å²) in [7, 11) is 0. The van der Waals surface area contributed by atoms with Crippen molar-refractivity contribution in [3.8, 4) is 0 Å². The van der Waals surface area contributed by atoms with Crippen molar-refractivity contribution in [2.45, 2.75) is 6.54 Å². The second-order valence-corrected chi connectivity index (χ2v) is 7.53. The van der Waals surface area contributed by atoms with Gasteiger partial charge in [-0.2, -0.15) is 0 Å². The predicted octanol–water partition coefficient (Wildman–Crippen LogP) is 3.37. The number of benzene rings is 3. The van der Waals surface area contributed by atoms with Gasteiger partial charge < -0.3 is 10.3 Å². The summed E-state index contributed by atoms with van der Waals surface area (Å²) >= 11 is 6.27. The minimum absolute atomic E-state index is 0.732. The predicted molar refractivity (Wildman–Crippen MR) is 114 cm³/mol. The molecule has 0 unspecified atom stereocenters. The second kappa shape index (κ2) is 8.13. The first kappa shape index (κ1) is 18.1. The van der Waals surface area contributed by atoms with Gasteiger partial charge in [0.1, 0.15) is 6.54 Å². The van der Waals surface area contributed by atoms with Crippen molar-refractivity contribution in [2.24, 2.45) is 0 Å². The van der Waals surface area contributed by atoms with E-state index >= 15 is 0 Å². The fourth-order valence-corrected chi connectivity index (χ4v) is 4.03. The molecule has 3 aromatic carbocycles. The summed E-state index contributed by atoms with van der Waals surface area (Å²) in [5, 5.41) is 5.68. The molecule has 27 heavy (non-hydrogen) atoms. The number of halogens is 1. The first-order valence-corrected chi connectivity index (χ1v) is 9.84. The summed E-state index contributed by atoms with van der Waals surface area (Å²) in [6, 6.07) is 23.1. The van der Waals surface area contributed by atoms with Gasteiger partial charge in [0.25, 0.3) is 0 Å². The quantitative estimate of drug-likeness (QED) is 0.709. The van der Waals surface area contributed by atoms with Gasteiger partial charge in [-0.1, -0.05) is 78.8 Å². The van der Waals surface area contributed by atoms with Gasteiger partial charge in [0.2, 0.25) is 0 Å². The normalized spacial score (nSPS) is 15.7. The molecule has 0 aromatic heterocycles. The standard InChI is InChI=1S/C23H24ClN3/c1-18(21-10-4-5-12-23(21)24)25-27-15-13-26(14-16-27)17-20-9-6-8-19-7-2-3-11-22(19)20/h2-12,25H,1,13-17H2/p+1. The van der Waals surface area contributed by atoms with Crippen molar-refractivity contribution < 1.29 is 4.90 Å². The Morgan fingerprint density at radius 3 is 2.48 bits per heavy atom. The molecule has 0 amide bonds. The molecule has 0 radical (unpaired) electrons. The van der Waals surface area contributed by atoms with E-state index in [1.807, 2.05) is 24.3 Å². The summed E-state index contributed by atoms with van der Waals surface area (Å²) in [6.45, 7) is 9.41. The molecular formula is C23H25ClN3+. The number of hydrogen-bond donors (Lipinski definition) is 2. The van der Waals surface area contributed by atoms with Crippen molar-refractivity contribution in [1.82, 2.24) is 10.4 Å². The average Bonchev–Trinajstić information content (AvgIpc) is 2.70. The van der Waals surface area contributed by atoms with Crippen LogP contribution in [0.4, 0.5) is 0 Å². The number of quaternary nitrogens is 1. The summed E-state index contributed by atoms with van der Waals surface area (Å²) in [4.78, 5) is 1.62. The molecule has 0 saturated carbocycles. The smallest absolute Gasteiger partial charge is 0.103 e. The van der Waals surface area contributed by atoms with E-state index in [1.165, 1.54) is 16.3 Å². The zero-order chi connectivity index (χ0) is 18.6. The average molecular weight is 379 g/mol. The summed E-state index contributed by atoms with van der Waals surface area (Å²) in [5.74, 6) is 0. The van der Waals surface area contributed by atoms with Crippen LogP contribution in [0.2, 0.25) is 5.02 Å². The van der Waals surface area contributed by atoms with E-state index in [4.69, 9.17) is 11.6 Å². The van der Waals surface area contributed by atoms with E-state index in [9.17, 15) is 0 Å². The molecule has 0 bridgehead atoms. The van der Waals surface area contributed by atoms with E-state index in [-0.39, 0.29) is 0 Å². The molecule has 1 heterocycles. The molecule has 0 spiro atoms. The maximum absolute atomic E-state index is 6.27. The minimum Gasteiger partial charge on any atom is -0.329 e. The molecule has 2 N–H and O–H groups in total. The number of fused-ring (bicyclic) bond motifs is 1. The summed E-state index contributed by atoms with van der Waals surface area (Å²) in [5.41, 5.74) is 6.69. The van der Waals surface area contributed by atoms with E-state index in [0.29, 0.717) is 0 Å². The van der Waals surface area contributed by atoms with Crippen LogP contribution in [0.5, 0.6) is 0 Å². The topological polar surface area (TPSA) is 19.7 Å². The second-order valence-electron chi connectivity index (χ2n) is 7.12. The molecule has 138 valence electrons. The first-order valence-electron chi connectivity index (χ1n) is 9.46. The Morgan fingerprint density at radius 1 is 0.963 bits per heavy atom. The van der Waals surface area contributed by atoms with Gasteiger partial charge in [-0.25, -0.2) is 5.01 Å². The fraction of sp³-hybridized carbons (Fsp3) is 0.217. The maximum atomic E-state index is 6.27. The molecule has 3 aromatic rings. The SMILES string of the molecule is C=C(NN1CC[NH+](Cc2cccc3ccccc23)CC1)c1ccccc1Cl. The number of piperazine rings is 1. The van der Waals surface area contributed by atoms with E-state index in [2.05, 4.69) is 59.5 Å². The van der Waals surface area contributed by atoms with Crippen LogP contribution in [0.25, 0.3) is 16.5 Å². The van der Waals surface area contributed by atoms with Gasteiger partial charge in [-0.05, 0) is 16.8 Å². The van der Waals surface area contributed by atoms with Crippen LogP contribution in [0, 0.1) is 0 Å². The van der Waals surface area contributed by atoms with Crippen molar-refractivity contribution >= 4 is 28.1 Å². The lowest BCUT2D eigenvalue weighted by atomic mass is 10.0. The molecule has 4 rings (SSSR count). The highest BCUT2D eigenvalue weighted by Crippen LogP contribution is 2.21. The van der Waals surface area contributed by atoms with Crippen molar-refractivity contribution in [2.75, 3.05) is 26.2 Å². The maximum Gasteiger partial charge on any atom is 0.103 e. The van der Waals surface area contributed by atoms with Crippen LogP contribution in [0.1, 0.15) is 11.1 Å². The van der Waals surface area contributed by atoms with Crippen molar-refractivity contribution in [3.05, 3.63) is 89.5 Å². The largest absolute Gasteiger partial charge is 0.329 e. The molecule has 1 aliphatic rings. The Balaban J connectivity index is 1.35. The third-order valence-electron chi connectivity index (χ3n) is 5.28. The molecule has 0 aliphatic carbocycles. The molecule has 1 fully saturated rings. The fourth-order valence-electron chi connectivity index (χ4n) is 3.78. The van der Waals surface area contributed by atoms with Gasteiger partial charge in [0.15, 0.2) is 0 Å². The number of rotatable bonds is 5. The Bertz CT molecular complexity index is 940. The third kappa shape index (κ3) is 4.16. The van der Waals surface area contributed by atoms with Crippen LogP contribution < -0.4 is 10.3 Å². The first-order chi connectivity index (χ1) is 13.2. The Hall–Kier alpha value is -2.33. The number of nitrogens with one attached hydrogen (secondary N) is 2. The number of nitrogens with zero attached hydrogens (tertiary/aromatic N) is 1. The van der Waals surface area contributed by atoms with Gasteiger partial charge in [-0.3, -0.25) is 0 Å². The molecule has 4 heteroatoms. The van der Waals surface area contributed by atoms with Crippen LogP contribution >= 0.6 is 11.6 Å². The van der Waals surface area contributed by atoms with Gasteiger partial charge in [0, 0.05) is 16.1 Å². The zero-order valence-corrected chi connectivity index (χ0v) is 16.2. The summed E-state index contributed by atoms with van der Waals surface area (Å²) in [6.07, 6.45) is 0. The van der Waals surface area contributed by atoms with Crippen LogP contribution in [0.15, 0.2) is 73.3 Å². The highest BCUT2D eigenvalue weighted by atomic mass is 35.5. The van der Waals surface area contributed by atoms with Crippen LogP contribution in [0.3, 0.4) is 0 Å². The van der Waals surface area contributed by atoms with Crippen LogP contribution in [-0.2, 0) is 6.54 Å². The summed E-state index contributed by atoms with van der Waals surface area (Å²) < 4.78 is 0. The molecule has 3 nitrogen and oxygen atoms in total. The molecule has 1 saturated heterocycles. The highest BCUT2D eigenvalue weighted by Gasteiger charge is 2.21. The van der Waals surface area contributed by atoms with E-state index in [1.54, 1.807) is 4.90 Å². The zero-order valence-electron chi connectivity index (χ0n) is 15.4. The minimum atomic E-state index is 0.732. The Morgan fingerprint density at radius 2 is 1.67 bits per heavy atom. The van der Waals surface area contributed by atoms with Gasteiger partial charge in [0.05, 0.1) is 31.9 Å². The van der Waals surface area contributed by atoms with Crippen LogP contribution in [-0.4, -0.2) is 31.2 Å². The molecule has 0 atom stereocenters. The number of hydrazine groups is 1. The van der Waals surface area contributed by atoms with E-state index in [0.717, 1.165) is 49.0 Å². The Kier molecular flexibility index (Phi) is 5.44. The lowest BCUT2D eigenvalue weighted by Gasteiger charge is -2.33. The lowest BCUT2D eigenvalue weighted by Crippen LogP contribution is -3.13. The monoisotopic (exact) mass is 378 g/mol. The Labute approximate surface area is 165 Å². The number of hydrogen-bond acceptors (Lipinski definition) is 2. The van der Waals surface area contributed by atoms with Crippen molar-refractivity contribution in [3.63, 3.8) is 0 Å².